The van der Waals surface area contributed by atoms with Crippen LogP contribution in [0.25, 0.3) is 5.57 Å². The molecule has 0 N–H and O–H groups in total. The third-order valence-electron chi connectivity index (χ3n) is 2.27. The van der Waals surface area contributed by atoms with Crippen molar-refractivity contribution in [1.82, 2.24) is 0 Å². The molecule has 0 fully saturated rings. The Hall–Kier alpha value is -1.63. The fourth-order valence-corrected chi connectivity index (χ4v) is 1.37. The van der Waals surface area contributed by atoms with Gasteiger partial charge in [-0.2, -0.15) is 0 Å². The van der Waals surface area contributed by atoms with Crippen molar-refractivity contribution in [2.45, 2.75) is 20.8 Å². The zero-order valence-electron chi connectivity index (χ0n) is 10.0. The molecule has 0 aliphatic rings. The van der Waals surface area contributed by atoms with Gasteiger partial charge >= 0.3 is 0 Å². The van der Waals surface area contributed by atoms with Gasteiger partial charge in [-0.3, -0.25) is 0 Å². The minimum atomic E-state index is -0.179. The van der Waals surface area contributed by atoms with Crippen LogP contribution in [0.3, 0.4) is 0 Å². The molecule has 0 heterocycles. The molecule has 0 bridgehead atoms. The van der Waals surface area contributed by atoms with Crippen molar-refractivity contribution in [2.24, 2.45) is 0 Å². The van der Waals surface area contributed by atoms with Crippen LogP contribution in [0.2, 0.25) is 0 Å². The topological polar surface area (TPSA) is 0 Å². The SMILES string of the molecule is C=C(C)/C=C\C(=C(\C)F)c1ccc(C)cc1. The van der Waals surface area contributed by atoms with Crippen molar-refractivity contribution in [3.8, 4) is 0 Å². The van der Waals surface area contributed by atoms with E-state index in [9.17, 15) is 4.39 Å². The lowest BCUT2D eigenvalue weighted by molar-refractivity contribution is 0.645. The number of rotatable bonds is 3. The Morgan fingerprint density at radius 3 is 2.12 bits per heavy atom. The fraction of sp³-hybridized carbons (Fsp3) is 0.200. The van der Waals surface area contributed by atoms with Gasteiger partial charge in [-0.1, -0.05) is 54.1 Å². The number of aryl methyl sites for hydroxylation is 1. The molecule has 84 valence electrons. The van der Waals surface area contributed by atoms with Crippen LogP contribution in [0.1, 0.15) is 25.0 Å². The molecule has 0 radical (unpaired) electrons. The third kappa shape index (κ3) is 3.50. The van der Waals surface area contributed by atoms with Gasteiger partial charge < -0.3 is 0 Å². The van der Waals surface area contributed by atoms with E-state index in [0.29, 0.717) is 5.57 Å². The average molecular weight is 216 g/mol. The van der Waals surface area contributed by atoms with Gasteiger partial charge in [0.1, 0.15) is 5.83 Å². The standard InChI is InChI=1S/C15H17F/c1-11(2)5-10-15(13(4)16)14-8-6-12(3)7-9-14/h5-10H,1H2,2-4H3/b10-5-,15-13+. The van der Waals surface area contributed by atoms with E-state index in [0.717, 1.165) is 11.1 Å². The second-order valence-corrected chi connectivity index (χ2v) is 3.99. The molecule has 1 aromatic rings. The predicted molar refractivity (Wildman–Crippen MR) is 68.8 cm³/mol. The minimum absolute atomic E-state index is 0.179. The van der Waals surface area contributed by atoms with Crippen molar-refractivity contribution in [3.63, 3.8) is 0 Å². The van der Waals surface area contributed by atoms with E-state index in [1.165, 1.54) is 12.5 Å². The Kier molecular flexibility index (Phi) is 4.24. The van der Waals surface area contributed by atoms with Crippen molar-refractivity contribution in [2.75, 3.05) is 0 Å². The Bertz CT molecular complexity index is 429. The van der Waals surface area contributed by atoms with Crippen LogP contribution in [0.5, 0.6) is 0 Å². The molecule has 1 aromatic carbocycles. The summed E-state index contributed by atoms with van der Waals surface area (Å²) in [5, 5.41) is 0. The fourth-order valence-electron chi connectivity index (χ4n) is 1.37. The highest BCUT2D eigenvalue weighted by atomic mass is 19.1. The number of halogens is 1. The largest absolute Gasteiger partial charge is 0.211 e. The highest BCUT2D eigenvalue weighted by molar-refractivity contribution is 5.75. The Morgan fingerprint density at radius 2 is 1.69 bits per heavy atom. The van der Waals surface area contributed by atoms with Gasteiger partial charge in [0.2, 0.25) is 0 Å². The first-order valence-electron chi connectivity index (χ1n) is 5.27. The second kappa shape index (κ2) is 5.45. The molecular formula is C15H17F. The number of allylic oxidation sites excluding steroid dienone is 5. The van der Waals surface area contributed by atoms with E-state index in [-0.39, 0.29) is 5.83 Å². The maximum atomic E-state index is 13.4. The van der Waals surface area contributed by atoms with E-state index >= 15 is 0 Å². The summed E-state index contributed by atoms with van der Waals surface area (Å²) in [5.74, 6) is -0.179. The maximum Gasteiger partial charge on any atom is 0.105 e. The highest BCUT2D eigenvalue weighted by Gasteiger charge is 2.02. The van der Waals surface area contributed by atoms with Gasteiger partial charge in [0.15, 0.2) is 0 Å². The molecule has 0 saturated heterocycles. The maximum absolute atomic E-state index is 13.4. The normalized spacial score (nSPS) is 12.8. The first-order valence-corrected chi connectivity index (χ1v) is 5.27. The zero-order chi connectivity index (χ0) is 12.1. The lowest BCUT2D eigenvalue weighted by Gasteiger charge is -2.04. The van der Waals surface area contributed by atoms with Crippen LogP contribution in [0, 0.1) is 6.92 Å². The van der Waals surface area contributed by atoms with Gasteiger partial charge in [-0.15, -0.1) is 0 Å². The first-order chi connectivity index (χ1) is 7.50. The molecule has 0 aliphatic carbocycles. The van der Waals surface area contributed by atoms with Crippen LogP contribution in [0.4, 0.5) is 4.39 Å². The van der Waals surface area contributed by atoms with E-state index in [1.807, 2.05) is 44.2 Å². The lowest BCUT2D eigenvalue weighted by Crippen LogP contribution is -1.84. The quantitative estimate of drug-likeness (QED) is 0.635. The van der Waals surface area contributed by atoms with Gasteiger partial charge in [0.25, 0.3) is 0 Å². The van der Waals surface area contributed by atoms with Crippen LogP contribution in [0.15, 0.2) is 54.4 Å². The number of hydrogen-bond acceptors (Lipinski definition) is 0. The molecule has 0 amide bonds. The predicted octanol–water partition coefficient (Wildman–Crippen LogP) is 4.83. The van der Waals surface area contributed by atoms with Crippen molar-refractivity contribution in [3.05, 3.63) is 65.5 Å². The Morgan fingerprint density at radius 1 is 1.12 bits per heavy atom. The van der Waals surface area contributed by atoms with Crippen LogP contribution in [-0.2, 0) is 0 Å². The summed E-state index contributed by atoms with van der Waals surface area (Å²) in [5.41, 5.74) is 3.58. The summed E-state index contributed by atoms with van der Waals surface area (Å²) < 4.78 is 13.4. The van der Waals surface area contributed by atoms with Crippen molar-refractivity contribution in [1.29, 1.82) is 0 Å². The van der Waals surface area contributed by atoms with Crippen LogP contribution in [-0.4, -0.2) is 0 Å². The molecular weight excluding hydrogens is 199 g/mol. The van der Waals surface area contributed by atoms with E-state index in [2.05, 4.69) is 6.58 Å². The van der Waals surface area contributed by atoms with Gasteiger partial charge in [-0.05, 0) is 26.3 Å². The van der Waals surface area contributed by atoms with Gasteiger partial charge in [0.05, 0.1) is 0 Å². The summed E-state index contributed by atoms with van der Waals surface area (Å²) in [6.07, 6.45) is 3.58. The smallest absolute Gasteiger partial charge is 0.105 e. The van der Waals surface area contributed by atoms with E-state index in [4.69, 9.17) is 0 Å². The number of benzene rings is 1. The van der Waals surface area contributed by atoms with Crippen molar-refractivity contribution < 1.29 is 4.39 Å². The molecule has 16 heavy (non-hydrogen) atoms. The highest BCUT2D eigenvalue weighted by Crippen LogP contribution is 2.22. The first kappa shape index (κ1) is 12.4. The summed E-state index contributed by atoms with van der Waals surface area (Å²) in [7, 11) is 0. The molecule has 0 unspecified atom stereocenters. The molecule has 0 aromatic heterocycles. The summed E-state index contributed by atoms with van der Waals surface area (Å²) in [4.78, 5) is 0. The van der Waals surface area contributed by atoms with Crippen LogP contribution < -0.4 is 0 Å². The molecule has 0 spiro atoms. The Labute approximate surface area is 96.8 Å². The van der Waals surface area contributed by atoms with Crippen LogP contribution >= 0.6 is 0 Å². The van der Waals surface area contributed by atoms with Gasteiger partial charge in [-0.25, -0.2) is 4.39 Å². The van der Waals surface area contributed by atoms with E-state index < -0.39 is 0 Å². The van der Waals surface area contributed by atoms with Crippen molar-refractivity contribution >= 4 is 5.57 Å². The summed E-state index contributed by atoms with van der Waals surface area (Å²) in [6.45, 7) is 9.13. The van der Waals surface area contributed by atoms with E-state index in [1.54, 1.807) is 6.08 Å². The van der Waals surface area contributed by atoms with Gasteiger partial charge in [0, 0.05) is 5.57 Å². The molecule has 1 rings (SSSR count). The molecule has 0 atom stereocenters. The minimum Gasteiger partial charge on any atom is -0.211 e. The zero-order valence-corrected chi connectivity index (χ0v) is 10.0. The molecule has 0 saturated carbocycles. The molecule has 1 heteroatoms. The Balaban J connectivity index is 3.10. The second-order valence-electron chi connectivity index (χ2n) is 3.99. The molecule has 0 nitrogen and oxygen atoms in total. The third-order valence-corrected chi connectivity index (χ3v) is 2.27. The number of hydrogen-bond donors (Lipinski definition) is 0. The molecule has 0 aliphatic heterocycles. The monoisotopic (exact) mass is 216 g/mol. The average Bonchev–Trinajstić information content (AvgIpc) is 2.20. The lowest BCUT2D eigenvalue weighted by atomic mass is 10.0. The summed E-state index contributed by atoms with van der Waals surface area (Å²) in [6, 6.07) is 7.81. The summed E-state index contributed by atoms with van der Waals surface area (Å²) >= 11 is 0.